The van der Waals surface area contributed by atoms with Gasteiger partial charge in [-0.2, -0.15) is 35.3 Å². The molecule has 2 fully saturated rings. The molecule has 146 heavy (non-hydrogen) atoms. The first-order chi connectivity index (χ1) is 69.5. The Morgan fingerprint density at radius 2 is 0.842 bits per heavy atom. The average Bonchev–Trinajstić information content (AvgIpc) is 1.62. The third-order valence-corrected chi connectivity index (χ3v) is 26.4. The molecule has 808 valence electrons. The number of amides is 17. The van der Waals surface area contributed by atoms with Crippen molar-refractivity contribution in [2.24, 2.45) is 29.0 Å². The maximum absolute atomic E-state index is 15.1. The molecule has 2 aromatic carbocycles. The van der Waals surface area contributed by atoms with E-state index in [4.69, 9.17) is 17.2 Å². The van der Waals surface area contributed by atoms with Crippen LogP contribution in [0.1, 0.15) is 180 Å². The number of nitrogens with zero attached hydrogens (tertiary/aromatic N) is 3. The van der Waals surface area contributed by atoms with E-state index in [2.05, 4.69) is 94.7 Å². The topological polar surface area (TPSA) is 732 Å². The molecule has 0 radical (unpaired) electrons. The van der Waals surface area contributed by atoms with Crippen molar-refractivity contribution >= 4 is 165 Å². The molecule has 0 saturated carbocycles. The van der Waals surface area contributed by atoms with E-state index in [1.54, 1.807) is 79.6 Å². The Balaban J connectivity index is 1.15. The average molecular weight is 2100 g/mol. The molecule has 17 amide bonds. The molecule has 6 rings (SSSR count). The van der Waals surface area contributed by atoms with Gasteiger partial charge in [-0.3, -0.25) is 91.1 Å². The standard InChI is InChI=1S/C96H147N23O24S3/c1-53(2)43-69(113-82(128)61(99)24-15-17-36-97)83(129)102-50-77(121)106-72(44-54(3)4)94(140)118-38-19-27-75(118)92(138)105-56(6)81(127)108-67(34-41-145-8)89(135)114-70(45-57-21-11-10-12-22-57)90(136)111-64(29-31-78(122)123)84(130)104-55(5)80(126)107-66(33-40-144-7)87(133)109-63(26-16-18-37-98)85(131)112-68(35-42-146-9)88(134)110-65(30-32-79(124)125)86(132)115-71(46-58-48-101-62-25-14-13-23-60(58)62)91(137)116-73(47-59-49-100-52-103-59)95(141)119-39-20-28-76(119)93(139)117-74(51-120)96(142)143/h10-14,21-23,25,48-49,52-56,61,63-76,101,120H,15-20,24,26-47,50-51,97-99H2,1-9H3,(H,100,103)(H,102,129)(H,104,130)(H,105,138)(H,106,121)(H,107,126)(H,108,127)(H,109,133)(H,110,134)(H,111,136)(H,112,131)(H,113,128)(H,114,135)(H,115,132)(H,116,137)(H,117,139)(H,122,123)(H,124,125)(H,142,143)/t55-,56-,61-,63-,64-,65-,66-,67-,68-,69-,70-,71-,72-,73-,74-,75-,76-/m0/s1. The number of aliphatic hydroxyl groups is 1. The lowest BCUT2D eigenvalue weighted by Gasteiger charge is -2.30. The Morgan fingerprint density at radius 1 is 0.425 bits per heavy atom. The van der Waals surface area contributed by atoms with E-state index in [1.165, 1.54) is 66.6 Å². The zero-order valence-corrected chi connectivity index (χ0v) is 86.5. The first-order valence-electron chi connectivity index (χ1n) is 49.1. The second-order valence-corrected chi connectivity index (χ2v) is 40.0. The van der Waals surface area contributed by atoms with Crippen LogP contribution in [0.2, 0.25) is 0 Å². The van der Waals surface area contributed by atoms with Gasteiger partial charge < -0.3 is 137 Å². The van der Waals surface area contributed by atoms with Gasteiger partial charge >= 0.3 is 17.9 Å². The number of para-hydroxylation sites is 1. The van der Waals surface area contributed by atoms with E-state index >= 15 is 4.79 Å². The number of carboxylic acids is 3. The van der Waals surface area contributed by atoms with Crippen LogP contribution in [0.5, 0.6) is 0 Å². The third-order valence-electron chi connectivity index (χ3n) is 24.5. The highest BCUT2D eigenvalue weighted by Gasteiger charge is 2.44. The van der Waals surface area contributed by atoms with E-state index in [0.29, 0.717) is 66.4 Å². The molecule has 50 heteroatoms. The van der Waals surface area contributed by atoms with Gasteiger partial charge in [-0.1, -0.05) is 82.6 Å². The number of likely N-dealkylation sites (tertiary alicyclic amines) is 2. The highest BCUT2D eigenvalue weighted by Crippen LogP contribution is 2.26. The van der Waals surface area contributed by atoms with Crippen molar-refractivity contribution < 1.29 is 116 Å². The SMILES string of the molecule is CSCC[C@H](NC(=O)[C@H](C)NC(=O)[C@@H]1CCCN1C(=O)[C@H](CC(C)C)NC(=O)CNC(=O)[C@H](CC(C)C)NC(=O)[C@@H](N)CCCCN)C(=O)N[C@@H](Cc1ccccc1)C(=O)N[C@@H](CCC(=O)O)C(=O)N[C@@H](C)C(=O)N[C@@H](CCSC)C(=O)N[C@@H](CCCCN)C(=O)N[C@@H](CCSC)C(=O)N[C@@H](CCC(=O)O)C(=O)N[C@@H](Cc1c[nH]c2ccccc12)C(=O)N[C@@H](Cc1cnc[nH]1)C(=O)N1CCC[C@H]1C(=O)N[C@@H](CO)C(=O)O. The molecule has 2 aliphatic rings. The van der Waals surface area contributed by atoms with Crippen molar-refractivity contribution in [1.82, 2.24) is 105 Å². The minimum atomic E-state index is -1.76. The number of hydrogen-bond donors (Lipinski definition) is 24. The molecule has 47 nitrogen and oxygen atoms in total. The molecule has 0 unspecified atom stereocenters. The van der Waals surface area contributed by atoms with Crippen LogP contribution in [0.25, 0.3) is 10.9 Å². The number of aromatic nitrogens is 3. The number of unbranched alkanes of at least 4 members (excludes halogenated alkanes) is 2. The minimum Gasteiger partial charge on any atom is -0.481 e. The lowest BCUT2D eigenvalue weighted by atomic mass is 10.0. The summed E-state index contributed by atoms with van der Waals surface area (Å²) >= 11 is 3.85. The third kappa shape index (κ3) is 41.1. The number of nitrogens with one attached hydrogen (secondary N) is 17. The number of thioether (sulfide) groups is 3. The molecular weight excluding hydrogens is 1960 g/mol. The normalized spacial score (nSPS) is 16.5. The van der Waals surface area contributed by atoms with E-state index in [-0.39, 0.29) is 132 Å². The number of imidazole rings is 1. The van der Waals surface area contributed by atoms with E-state index in [9.17, 15) is 112 Å². The number of rotatable bonds is 67. The predicted molar refractivity (Wildman–Crippen MR) is 545 cm³/mol. The monoisotopic (exact) mass is 2100 g/mol. The van der Waals surface area contributed by atoms with Crippen LogP contribution in [0, 0.1) is 11.8 Å². The van der Waals surface area contributed by atoms with Crippen LogP contribution in [-0.2, 0) is 115 Å². The number of carbonyl (C=O) groups is 20. The number of H-pyrrole nitrogens is 2. The molecule has 0 aliphatic carbocycles. The lowest BCUT2D eigenvalue weighted by Crippen LogP contribution is -2.61. The molecule has 17 atom stereocenters. The number of aliphatic hydroxyl groups excluding tert-OH is 1. The van der Waals surface area contributed by atoms with Gasteiger partial charge in [0.2, 0.25) is 100 Å². The Hall–Kier alpha value is -12.5. The Kier molecular flexibility index (Phi) is 53.4. The van der Waals surface area contributed by atoms with Crippen molar-refractivity contribution in [3.8, 4) is 0 Å². The first-order valence-corrected chi connectivity index (χ1v) is 53.3. The summed E-state index contributed by atoms with van der Waals surface area (Å²) in [5, 5.41) is 79.1. The Labute approximate surface area is 860 Å². The van der Waals surface area contributed by atoms with Crippen LogP contribution < -0.4 is 97.0 Å². The number of aromatic amines is 2. The van der Waals surface area contributed by atoms with Gasteiger partial charge in [0.15, 0.2) is 0 Å². The molecule has 4 heterocycles. The van der Waals surface area contributed by atoms with Crippen LogP contribution in [-0.4, -0.2) is 342 Å². The largest absolute Gasteiger partial charge is 0.481 e. The Morgan fingerprint density at radius 3 is 1.32 bits per heavy atom. The highest BCUT2D eigenvalue weighted by molar-refractivity contribution is 7.99. The second kappa shape index (κ2) is 63.8. The number of carbonyl (C=O) groups excluding carboxylic acids is 17. The van der Waals surface area contributed by atoms with Gasteiger partial charge in [-0.15, -0.1) is 0 Å². The van der Waals surface area contributed by atoms with Gasteiger partial charge in [-0.05, 0) is 195 Å². The summed E-state index contributed by atoms with van der Waals surface area (Å²) in [7, 11) is 0. The predicted octanol–water partition coefficient (Wildman–Crippen LogP) is -2.41. The number of benzene rings is 2. The van der Waals surface area contributed by atoms with E-state index in [0.717, 1.165) is 4.90 Å². The van der Waals surface area contributed by atoms with Gasteiger partial charge in [0.25, 0.3) is 0 Å². The summed E-state index contributed by atoms with van der Waals surface area (Å²) in [6.45, 7) is 9.08. The fourth-order valence-electron chi connectivity index (χ4n) is 16.5. The quantitative estimate of drug-likeness (QED) is 0.0205. The number of hydrogen-bond acceptors (Lipinski definition) is 28. The minimum absolute atomic E-state index is 0.00962. The zero-order chi connectivity index (χ0) is 108. The van der Waals surface area contributed by atoms with Gasteiger partial charge in [0.1, 0.15) is 96.7 Å². The number of nitrogens with two attached hydrogens (primary N) is 3. The zero-order valence-electron chi connectivity index (χ0n) is 84.1. The summed E-state index contributed by atoms with van der Waals surface area (Å²) < 4.78 is 0. The van der Waals surface area contributed by atoms with Crippen LogP contribution in [0.4, 0.5) is 0 Å². The van der Waals surface area contributed by atoms with Crippen molar-refractivity contribution in [3.05, 3.63) is 90.1 Å². The van der Waals surface area contributed by atoms with Gasteiger partial charge in [0.05, 0.1) is 25.5 Å². The van der Waals surface area contributed by atoms with Crippen molar-refractivity contribution in [1.29, 1.82) is 0 Å². The Bertz CT molecular complexity index is 5020. The molecule has 27 N–H and O–H groups in total. The number of fused-ring (bicyclic) bond motifs is 1. The molecule has 2 saturated heterocycles. The highest BCUT2D eigenvalue weighted by atomic mass is 32.2. The molecule has 2 aliphatic heterocycles. The van der Waals surface area contributed by atoms with Gasteiger partial charge in [-0.25, -0.2) is 9.78 Å². The van der Waals surface area contributed by atoms with Gasteiger partial charge in [0, 0.05) is 74.2 Å². The summed E-state index contributed by atoms with van der Waals surface area (Å²) in [6.07, 6.45) is 9.12. The summed E-state index contributed by atoms with van der Waals surface area (Å²) in [4.78, 5) is 293. The molecule has 2 aromatic heterocycles. The van der Waals surface area contributed by atoms with E-state index < -0.39 is 260 Å². The molecule has 4 aromatic rings. The molecule has 0 spiro atoms. The first kappa shape index (κ1) is 122. The van der Waals surface area contributed by atoms with Crippen molar-refractivity contribution in [2.75, 3.05) is 75.4 Å². The van der Waals surface area contributed by atoms with E-state index in [1.807, 2.05) is 27.7 Å². The van der Waals surface area contributed by atoms with Crippen molar-refractivity contribution in [3.63, 3.8) is 0 Å². The summed E-state index contributed by atoms with van der Waals surface area (Å²) in [5.74, 6) is -18.5. The lowest BCUT2D eigenvalue weighted by molar-refractivity contribution is -0.145. The van der Waals surface area contributed by atoms with Crippen LogP contribution in [0.3, 0.4) is 0 Å². The fourth-order valence-corrected chi connectivity index (χ4v) is 17.9. The maximum Gasteiger partial charge on any atom is 0.328 e. The van der Waals surface area contributed by atoms with Crippen LogP contribution in [0.15, 0.2) is 73.3 Å². The number of carboxylic acid groups (broad SMARTS) is 3. The van der Waals surface area contributed by atoms with Crippen molar-refractivity contribution in [2.45, 2.75) is 286 Å². The second-order valence-electron chi connectivity index (χ2n) is 37.0. The molecule has 0 bridgehead atoms. The number of aliphatic carboxylic acids is 3. The fraction of sp³-hybridized carbons (Fsp3) is 0.615. The smallest absolute Gasteiger partial charge is 0.328 e. The summed E-state index contributed by atoms with van der Waals surface area (Å²) in [5.41, 5.74) is 19.5. The molecular formula is C96H147N23O24S3. The van der Waals surface area contributed by atoms with Crippen LogP contribution >= 0.6 is 35.3 Å². The summed E-state index contributed by atoms with van der Waals surface area (Å²) in [6, 6.07) is -8.77. The maximum atomic E-state index is 15.1.